The van der Waals surface area contributed by atoms with E-state index in [1.54, 1.807) is 0 Å². The van der Waals surface area contributed by atoms with Gasteiger partial charge in [0.1, 0.15) is 0 Å². The standard InChI is InChI=1S/H2O4S.O.Sb.H/c1-5(2,3)4;;;/h(H2,1,2,3,4);;;. The van der Waals surface area contributed by atoms with E-state index in [1.165, 1.54) is 0 Å². The van der Waals surface area contributed by atoms with Gasteiger partial charge in [0.15, 0.2) is 0 Å². The van der Waals surface area contributed by atoms with E-state index >= 15 is 0 Å². The van der Waals surface area contributed by atoms with Crippen LogP contribution in [0.5, 0.6) is 0 Å². The first-order chi connectivity index (χ1) is 3.00. The van der Waals surface area contributed by atoms with Crippen LogP contribution in [0, 0.1) is 0 Å². The second-order valence-electron chi connectivity index (χ2n) is 0.448. The SMILES string of the molecule is O=S(=O)(O)O.[O]=[SbH]. The summed E-state index contributed by atoms with van der Waals surface area (Å²) in [6, 6.07) is 0. The average Bonchev–Trinajstić information content (AvgIpc) is 1.36. The summed E-state index contributed by atoms with van der Waals surface area (Å²) in [5.41, 5.74) is 0. The Hall–Kier alpha value is 0.488. The van der Waals surface area contributed by atoms with Crippen LogP contribution in [0.1, 0.15) is 0 Å². The quantitative estimate of drug-likeness (QED) is 0.398. The zero-order valence-corrected chi connectivity index (χ0v) is 6.70. The van der Waals surface area contributed by atoms with Gasteiger partial charge in [0.2, 0.25) is 0 Å². The van der Waals surface area contributed by atoms with E-state index < -0.39 is 10.4 Å². The Balaban J connectivity index is 0. The summed E-state index contributed by atoms with van der Waals surface area (Å²) < 4.78 is 39.9. The Morgan fingerprint density at radius 3 is 1.14 bits per heavy atom. The normalized spacial score (nSPS) is 8.86. The molecule has 0 saturated heterocycles. The van der Waals surface area contributed by atoms with Gasteiger partial charge < -0.3 is 0 Å². The number of hydrogen-bond acceptors (Lipinski definition) is 3. The van der Waals surface area contributed by atoms with Gasteiger partial charge in [-0.05, 0) is 0 Å². The molecule has 0 bridgehead atoms. The Kier molecular flexibility index (Phi) is 6.94. The first kappa shape index (κ1) is 10.5. The molecular weight excluding hydrogens is 234 g/mol. The van der Waals surface area contributed by atoms with Crippen LogP contribution in [0.15, 0.2) is 0 Å². The van der Waals surface area contributed by atoms with Crippen molar-refractivity contribution in [2.75, 3.05) is 0 Å². The fourth-order valence-electron chi connectivity index (χ4n) is 0. The van der Waals surface area contributed by atoms with Gasteiger partial charge in [0.25, 0.3) is 0 Å². The van der Waals surface area contributed by atoms with Crippen LogP contribution < -0.4 is 0 Å². The van der Waals surface area contributed by atoms with Crippen LogP contribution >= 0.6 is 0 Å². The molecule has 0 aromatic rings. The van der Waals surface area contributed by atoms with E-state index in [4.69, 9.17) is 20.5 Å². The van der Waals surface area contributed by atoms with Gasteiger partial charge in [-0.25, -0.2) is 0 Å². The van der Waals surface area contributed by atoms with Crippen LogP contribution in [-0.4, -0.2) is 40.5 Å². The molecule has 0 radical (unpaired) electrons. The molecule has 0 fully saturated rings. The summed E-state index contributed by atoms with van der Waals surface area (Å²) >= 11 is 0.300. The maximum atomic E-state index is 8.74. The third-order valence-corrected chi connectivity index (χ3v) is 0. The molecule has 7 heavy (non-hydrogen) atoms. The third-order valence-electron chi connectivity index (χ3n) is 0. The summed E-state index contributed by atoms with van der Waals surface area (Å²) in [4.78, 5) is 0. The van der Waals surface area contributed by atoms with E-state index in [1.807, 2.05) is 0 Å². The van der Waals surface area contributed by atoms with Crippen molar-refractivity contribution in [1.82, 2.24) is 0 Å². The van der Waals surface area contributed by atoms with E-state index in [0.29, 0.717) is 23.0 Å². The number of hydrogen-bond donors (Lipinski definition) is 2. The topological polar surface area (TPSA) is 91.7 Å². The second-order valence-corrected chi connectivity index (χ2v) is 1.34. The zero-order chi connectivity index (χ0) is 6.50. The van der Waals surface area contributed by atoms with Gasteiger partial charge in [0.05, 0.1) is 0 Å². The molecule has 0 aliphatic carbocycles. The van der Waals surface area contributed by atoms with Crippen molar-refractivity contribution in [1.29, 1.82) is 0 Å². The zero-order valence-electron chi connectivity index (χ0n) is 3.03. The predicted octanol–water partition coefficient (Wildman–Crippen LogP) is -1.42. The van der Waals surface area contributed by atoms with Crippen molar-refractivity contribution in [3.05, 3.63) is 0 Å². The second kappa shape index (κ2) is 4.64. The summed E-state index contributed by atoms with van der Waals surface area (Å²) in [7, 11) is -4.67. The molecule has 0 saturated carbocycles. The van der Waals surface area contributed by atoms with Crippen LogP contribution in [0.3, 0.4) is 0 Å². The predicted molar refractivity (Wildman–Crippen MR) is 22.0 cm³/mol. The minimum atomic E-state index is -4.67. The van der Waals surface area contributed by atoms with Crippen LogP contribution in [0.25, 0.3) is 0 Å². The molecule has 0 rings (SSSR count). The van der Waals surface area contributed by atoms with Crippen molar-refractivity contribution < 1.29 is 20.5 Å². The van der Waals surface area contributed by atoms with Crippen molar-refractivity contribution in [3.8, 4) is 0 Å². The van der Waals surface area contributed by atoms with Gasteiger partial charge >= 0.3 is 36.4 Å². The molecule has 0 aliphatic rings. The summed E-state index contributed by atoms with van der Waals surface area (Å²) in [5, 5.41) is 0. The van der Waals surface area contributed by atoms with E-state index in [-0.39, 0.29) is 0 Å². The number of rotatable bonds is 0. The van der Waals surface area contributed by atoms with E-state index in [9.17, 15) is 0 Å². The van der Waals surface area contributed by atoms with Gasteiger partial charge in [-0.2, -0.15) is 8.42 Å². The molecule has 0 unspecified atom stereocenters. The van der Waals surface area contributed by atoms with Gasteiger partial charge in [-0.15, -0.1) is 0 Å². The van der Waals surface area contributed by atoms with Crippen LogP contribution in [0.4, 0.5) is 0 Å². The molecule has 0 heterocycles. The molecule has 0 spiro atoms. The molecule has 5 nitrogen and oxygen atoms in total. The summed E-state index contributed by atoms with van der Waals surface area (Å²) in [6.07, 6.45) is 0. The molecule has 0 aromatic carbocycles. The van der Waals surface area contributed by atoms with Gasteiger partial charge in [0, 0.05) is 0 Å². The van der Waals surface area contributed by atoms with Crippen molar-refractivity contribution in [3.63, 3.8) is 0 Å². The molecule has 0 aliphatic heterocycles. The molecular formula is H3O5SSb. The summed E-state index contributed by atoms with van der Waals surface area (Å²) in [6.45, 7) is 0. The van der Waals surface area contributed by atoms with E-state index in [2.05, 4.69) is 0 Å². The van der Waals surface area contributed by atoms with Crippen LogP contribution in [-0.2, 0) is 13.4 Å². The third kappa shape index (κ3) is 548. The molecule has 0 aromatic heterocycles. The fraction of sp³-hybridized carbons (Fsp3) is 0. The molecule has 7 heteroatoms. The average molecular weight is 237 g/mol. The molecule has 2 N–H and O–H groups in total. The Bertz CT molecular complexity index is 102. The van der Waals surface area contributed by atoms with Gasteiger partial charge in [-0.3, -0.25) is 9.11 Å². The Morgan fingerprint density at radius 2 is 1.14 bits per heavy atom. The first-order valence-corrected chi connectivity index (χ1v) is 3.46. The van der Waals surface area contributed by atoms with Crippen molar-refractivity contribution in [2.24, 2.45) is 0 Å². The monoisotopic (exact) mass is 236 g/mol. The minimum absolute atomic E-state index is 0.300. The molecule has 0 atom stereocenters. The Labute approximate surface area is 54.2 Å². The first-order valence-electron chi connectivity index (χ1n) is 0.903. The fourth-order valence-corrected chi connectivity index (χ4v) is 0. The summed E-state index contributed by atoms with van der Waals surface area (Å²) in [5.74, 6) is 0. The van der Waals surface area contributed by atoms with Crippen molar-refractivity contribution >= 4 is 33.4 Å². The maximum absolute atomic E-state index is 8.74. The van der Waals surface area contributed by atoms with E-state index in [0.717, 1.165) is 0 Å². The van der Waals surface area contributed by atoms with Crippen LogP contribution in [0.2, 0.25) is 0 Å². The molecule has 0 amide bonds. The van der Waals surface area contributed by atoms with Gasteiger partial charge in [-0.1, -0.05) is 0 Å². The molecule has 44 valence electrons. The Morgan fingerprint density at radius 1 is 1.14 bits per heavy atom. The van der Waals surface area contributed by atoms with Crippen molar-refractivity contribution in [2.45, 2.75) is 0 Å².